The number of nitrogens with one attached hydrogen (secondary N) is 1. The van der Waals surface area contributed by atoms with Crippen LogP contribution in [0.2, 0.25) is 0 Å². The highest BCUT2D eigenvalue weighted by Gasteiger charge is 2.30. The number of halogens is 5. The minimum atomic E-state index is -4.88. The predicted molar refractivity (Wildman–Crippen MR) is 99.0 cm³/mol. The first kappa shape index (κ1) is 22.0. The molecular formula is C20H11F5N2O3S. The molecule has 0 radical (unpaired) electrons. The zero-order valence-electron chi connectivity index (χ0n) is 15.3. The average Bonchev–Trinajstić information content (AvgIpc) is 2.78. The predicted octanol–water partition coefficient (Wildman–Crippen LogP) is 4.63. The molecule has 0 aromatic heterocycles. The first-order chi connectivity index (χ1) is 14.6. The Labute approximate surface area is 173 Å². The number of hydrogen-bond donors (Lipinski definition) is 1. The molecule has 0 bridgehead atoms. The second kappa shape index (κ2) is 8.61. The summed E-state index contributed by atoms with van der Waals surface area (Å²) < 4.78 is 95.6. The summed E-state index contributed by atoms with van der Waals surface area (Å²) in [4.78, 5) is -0.557. The highest BCUT2D eigenvalue weighted by molar-refractivity contribution is 7.87. The van der Waals surface area contributed by atoms with Crippen molar-refractivity contribution < 1.29 is 34.6 Å². The van der Waals surface area contributed by atoms with Crippen LogP contribution in [0, 0.1) is 40.4 Å². The van der Waals surface area contributed by atoms with Crippen LogP contribution in [0.1, 0.15) is 11.1 Å². The molecule has 0 saturated carbocycles. The molecule has 3 aromatic rings. The van der Waals surface area contributed by atoms with E-state index in [1.54, 1.807) is 24.3 Å². The van der Waals surface area contributed by atoms with Gasteiger partial charge in [-0.05, 0) is 42.0 Å². The molecule has 0 saturated heterocycles. The monoisotopic (exact) mass is 454 g/mol. The Morgan fingerprint density at radius 2 is 1.32 bits per heavy atom. The molecule has 3 rings (SSSR count). The molecule has 3 aromatic carbocycles. The Balaban J connectivity index is 1.76. The van der Waals surface area contributed by atoms with E-state index in [2.05, 4.69) is 9.50 Å². The van der Waals surface area contributed by atoms with Gasteiger partial charge in [-0.15, -0.1) is 0 Å². The molecular weight excluding hydrogens is 443 g/mol. The summed E-state index contributed by atoms with van der Waals surface area (Å²) in [6.07, 6.45) is 0. The fourth-order valence-corrected chi connectivity index (χ4v) is 3.39. The highest BCUT2D eigenvalue weighted by Crippen LogP contribution is 2.31. The maximum absolute atomic E-state index is 13.7. The van der Waals surface area contributed by atoms with Crippen LogP contribution in [-0.4, -0.2) is 8.42 Å². The summed E-state index contributed by atoms with van der Waals surface area (Å²) in [5.41, 5.74) is 1.79. The van der Waals surface area contributed by atoms with Gasteiger partial charge in [0, 0.05) is 12.2 Å². The number of nitrogens with zero attached hydrogens (tertiary/aromatic N) is 1. The van der Waals surface area contributed by atoms with Crippen molar-refractivity contribution in [2.45, 2.75) is 11.4 Å². The van der Waals surface area contributed by atoms with E-state index in [1.165, 1.54) is 12.1 Å². The Morgan fingerprint density at radius 1 is 0.806 bits per heavy atom. The van der Waals surface area contributed by atoms with Gasteiger partial charge >= 0.3 is 10.1 Å². The summed E-state index contributed by atoms with van der Waals surface area (Å²) in [5.74, 6) is -13.8. The van der Waals surface area contributed by atoms with Crippen LogP contribution in [0.5, 0.6) is 5.75 Å². The molecule has 0 amide bonds. The van der Waals surface area contributed by atoms with Crippen molar-refractivity contribution >= 4 is 15.8 Å². The van der Waals surface area contributed by atoms with E-state index in [1.807, 2.05) is 6.07 Å². The number of rotatable bonds is 6. The van der Waals surface area contributed by atoms with E-state index < -0.39 is 49.8 Å². The summed E-state index contributed by atoms with van der Waals surface area (Å²) in [6.45, 7) is 0.269. The van der Waals surface area contributed by atoms with Crippen molar-refractivity contribution in [1.29, 1.82) is 5.26 Å². The summed E-state index contributed by atoms with van der Waals surface area (Å²) >= 11 is 0. The lowest BCUT2D eigenvalue weighted by atomic mass is 10.2. The van der Waals surface area contributed by atoms with Crippen molar-refractivity contribution in [3.05, 3.63) is 88.7 Å². The number of hydrogen-bond acceptors (Lipinski definition) is 5. The fraction of sp³-hybridized carbons (Fsp3) is 0.0500. The van der Waals surface area contributed by atoms with E-state index in [-0.39, 0.29) is 6.54 Å². The van der Waals surface area contributed by atoms with Crippen LogP contribution >= 0.6 is 0 Å². The summed E-state index contributed by atoms with van der Waals surface area (Å²) in [6, 6.07) is 13.4. The summed E-state index contributed by atoms with van der Waals surface area (Å²) in [5, 5.41) is 11.8. The molecule has 0 aliphatic rings. The van der Waals surface area contributed by atoms with Gasteiger partial charge in [0.15, 0.2) is 0 Å². The first-order valence-electron chi connectivity index (χ1n) is 8.43. The minimum Gasteiger partial charge on any atom is -0.381 e. The number of benzene rings is 3. The summed E-state index contributed by atoms with van der Waals surface area (Å²) in [7, 11) is -4.88. The third kappa shape index (κ3) is 4.59. The van der Waals surface area contributed by atoms with Crippen LogP contribution in [0.3, 0.4) is 0 Å². The Bertz CT molecular complexity index is 1240. The van der Waals surface area contributed by atoms with E-state index in [0.717, 1.165) is 12.1 Å². The van der Waals surface area contributed by atoms with Crippen LogP contribution in [-0.2, 0) is 16.7 Å². The van der Waals surface area contributed by atoms with Gasteiger partial charge < -0.3 is 9.50 Å². The molecule has 0 spiro atoms. The van der Waals surface area contributed by atoms with Crippen LogP contribution < -0.4 is 9.50 Å². The van der Waals surface area contributed by atoms with Gasteiger partial charge in [-0.1, -0.05) is 12.1 Å². The van der Waals surface area contributed by atoms with Gasteiger partial charge in [0.25, 0.3) is 0 Å². The zero-order chi connectivity index (χ0) is 22.8. The van der Waals surface area contributed by atoms with Gasteiger partial charge in [0.05, 0.1) is 11.6 Å². The molecule has 11 heteroatoms. The molecule has 1 N–H and O–H groups in total. The van der Waals surface area contributed by atoms with Gasteiger partial charge in [-0.25, -0.2) is 13.2 Å². The molecule has 160 valence electrons. The highest BCUT2D eigenvalue weighted by atomic mass is 32.2. The Hall–Kier alpha value is -3.65. The van der Waals surface area contributed by atoms with Gasteiger partial charge in [0.1, 0.15) is 4.90 Å². The molecule has 31 heavy (non-hydrogen) atoms. The fourth-order valence-electron chi connectivity index (χ4n) is 2.46. The van der Waals surface area contributed by atoms with Gasteiger partial charge in [0.2, 0.25) is 34.8 Å². The van der Waals surface area contributed by atoms with Crippen LogP contribution in [0.4, 0.5) is 27.6 Å². The van der Waals surface area contributed by atoms with Crippen LogP contribution in [0.25, 0.3) is 0 Å². The lowest BCUT2D eigenvalue weighted by Gasteiger charge is -2.11. The van der Waals surface area contributed by atoms with Crippen molar-refractivity contribution in [1.82, 2.24) is 0 Å². The lowest BCUT2D eigenvalue weighted by molar-refractivity contribution is 0.346. The van der Waals surface area contributed by atoms with Crippen molar-refractivity contribution in [2.75, 3.05) is 5.32 Å². The maximum Gasteiger partial charge on any atom is 0.339 e. The Kier molecular flexibility index (Phi) is 6.12. The lowest BCUT2D eigenvalue weighted by Crippen LogP contribution is -2.14. The minimum absolute atomic E-state index is 0.269. The standard InChI is InChI=1S/C20H11F5N2O3S/c21-15-16(22)18(24)20(19(25)17(15)23)30-31(28,29)14-7-3-12(4-8-14)10-27-13-5-1-11(9-26)2-6-13/h1-8,27H,10H2. The van der Waals surface area contributed by atoms with E-state index in [9.17, 15) is 30.4 Å². The third-order valence-electron chi connectivity index (χ3n) is 4.09. The SMILES string of the molecule is N#Cc1ccc(NCc2ccc(S(=O)(=O)Oc3c(F)c(F)c(F)c(F)c3F)cc2)cc1. The number of nitriles is 1. The second-order valence-electron chi connectivity index (χ2n) is 6.12. The molecule has 0 atom stereocenters. The van der Waals surface area contributed by atoms with Crippen molar-refractivity contribution in [3.63, 3.8) is 0 Å². The first-order valence-corrected chi connectivity index (χ1v) is 9.83. The zero-order valence-corrected chi connectivity index (χ0v) is 16.1. The molecule has 5 nitrogen and oxygen atoms in total. The maximum atomic E-state index is 13.7. The van der Waals surface area contributed by atoms with E-state index in [0.29, 0.717) is 16.8 Å². The molecule has 0 heterocycles. The molecule has 0 aliphatic carbocycles. The van der Waals surface area contributed by atoms with E-state index in [4.69, 9.17) is 5.26 Å². The molecule has 0 unspecified atom stereocenters. The topological polar surface area (TPSA) is 79.2 Å². The second-order valence-corrected chi connectivity index (χ2v) is 7.67. The van der Waals surface area contributed by atoms with Crippen molar-refractivity contribution in [2.24, 2.45) is 0 Å². The largest absolute Gasteiger partial charge is 0.381 e. The van der Waals surface area contributed by atoms with Crippen LogP contribution in [0.15, 0.2) is 53.4 Å². The van der Waals surface area contributed by atoms with E-state index >= 15 is 0 Å². The van der Waals surface area contributed by atoms with Gasteiger partial charge in [-0.3, -0.25) is 0 Å². The normalized spacial score (nSPS) is 11.1. The smallest absolute Gasteiger partial charge is 0.339 e. The van der Waals surface area contributed by atoms with Gasteiger partial charge in [-0.2, -0.15) is 22.5 Å². The number of anilines is 1. The third-order valence-corrected chi connectivity index (χ3v) is 5.32. The average molecular weight is 454 g/mol. The van der Waals surface area contributed by atoms with Crippen molar-refractivity contribution in [3.8, 4) is 11.8 Å². The quantitative estimate of drug-likeness (QED) is 0.254. The Morgan fingerprint density at radius 3 is 1.84 bits per heavy atom. The molecule has 0 fully saturated rings. The molecule has 0 aliphatic heterocycles.